The number of nitrogens with zero attached hydrogens (tertiary/aromatic N) is 4. The molecule has 1 aromatic carbocycles. The summed E-state index contributed by atoms with van der Waals surface area (Å²) in [5.41, 5.74) is 2.16. The van der Waals surface area contributed by atoms with Crippen molar-refractivity contribution in [3.05, 3.63) is 65.9 Å². The van der Waals surface area contributed by atoms with E-state index in [-0.39, 0.29) is 4.90 Å². The molecule has 3 aromatic rings. The van der Waals surface area contributed by atoms with Crippen molar-refractivity contribution in [1.29, 1.82) is 0 Å². The Labute approximate surface area is 163 Å². The predicted octanol–water partition coefficient (Wildman–Crippen LogP) is 2.71. The Morgan fingerprint density at radius 1 is 1.00 bits per heavy atom. The van der Waals surface area contributed by atoms with E-state index in [4.69, 9.17) is 4.98 Å². The topological polar surface area (TPSA) is 66.4 Å². The molecule has 1 aliphatic rings. The Kier molecular flexibility index (Phi) is 5.31. The van der Waals surface area contributed by atoms with Crippen LogP contribution in [0.5, 0.6) is 0 Å². The number of pyridine rings is 1. The number of sulfonamides is 1. The minimum Gasteiger partial charge on any atom is -0.295 e. The van der Waals surface area contributed by atoms with Gasteiger partial charge < -0.3 is 0 Å². The van der Waals surface area contributed by atoms with Crippen molar-refractivity contribution in [1.82, 2.24) is 19.2 Å². The van der Waals surface area contributed by atoms with Gasteiger partial charge in [0.25, 0.3) is 0 Å². The average molecular weight is 401 g/mol. The molecular weight excluding hydrogens is 380 g/mol. The summed E-state index contributed by atoms with van der Waals surface area (Å²) in [6.45, 7) is 3.08. The van der Waals surface area contributed by atoms with E-state index in [0.717, 1.165) is 22.8 Å². The fourth-order valence-corrected chi connectivity index (χ4v) is 5.30. The lowest BCUT2D eigenvalue weighted by atomic mass is 10.2. The third-order valence-corrected chi connectivity index (χ3v) is 7.38. The summed E-state index contributed by atoms with van der Waals surface area (Å²) in [7, 11) is -3.46. The summed E-state index contributed by atoms with van der Waals surface area (Å²) in [5, 5.41) is 3.10. The smallest absolute Gasteiger partial charge is 0.244 e. The largest absolute Gasteiger partial charge is 0.295 e. The summed E-state index contributed by atoms with van der Waals surface area (Å²) in [4.78, 5) is 11.2. The summed E-state index contributed by atoms with van der Waals surface area (Å²) in [6.07, 6.45) is 2.98. The lowest BCUT2D eigenvalue weighted by molar-refractivity contribution is 0.180. The second-order valence-corrected chi connectivity index (χ2v) is 9.18. The molecule has 6 nitrogen and oxygen atoms in total. The molecule has 0 spiro atoms. The fourth-order valence-electron chi connectivity index (χ4n) is 3.10. The monoisotopic (exact) mass is 400 g/mol. The molecule has 0 atom stereocenters. The van der Waals surface area contributed by atoms with Crippen LogP contribution in [-0.4, -0.2) is 53.8 Å². The van der Waals surface area contributed by atoms with Crippen LogP contribution in [0.1, 0.15) is 5.69 Å². The molecule has 0 unspecified atom stereocenters. The van der Waals surface area contributed by atoms with Crippen LogP contribution < -0.4 is 0 Å². The first-order valence-corrected chi connectivity index (χ1v) is 11.1. The first-order valence-electron chi connectivity index (χ1n) is 8.75. The second-order valence-electron chi connectivity index (χ2n) is 6.38. The first-order chi connectivity index (χ1) is 13.1. The van der Waals surface area contributed by atoms with Crippen molar-refractivity contribution >= 4 is 21.4 Å². The van der Waals surface area contributed by atoms with Crippen LogP contribution >= 0.6 is 11.3 Å². The van der Waals surface area contributed by atoms with Gasteiger partial charge in [-0.3, -0.25) is 9.88 Å². The van der Waals surface area contributed by atoms with Gasteiger partial charge in [-0.2, -0.15) is 4.31 Å². The van der Waals surface area contributed by atoms with Gasteiger partial charge in [0.1, 0.15) is 9.90 Å². The number of hydrogen-bond acceptors (Lipinski definition) is 6. The van der Waals surface area contributed by atoms with Crippen molar-refractivity contribution in [3.8, 4) is 10.6 Å². The van der Waals surface area contributed by atoms with Crippen LogP contribution in [0.2, 0.25) is 0 Å². The van der Waals surface area contributed by atoms with Crippen molar-refractivity contribution in [2.45, 2.75) is 11.4 Å². The second kappa shape index (κ2) is 7.85. The minimum absolute atomic E-state index is 0.255. The molecule has 0 N–H and O–H groups in total. The zero-order valence-corrected chi connectivity index (χ0v) is 16.4. The third-order valence-electron chi connectivity index (χ3n) is 4.56. The normalized spacial score (nSPS) is 16.4. The van der Waals surface area contributed by atoms with Crippen molar-refractivity contribution in [3.63, 3.8) is 0 Å². The van der Waals surface area contributed by atoms with E-state index in [0.29, 0.717) is 26.2 Å². The zero-order valence-electron chi connectivity index (χ0n) is 14.7. The fraction of sp³-hybridized carbons (Fsp3) is 0.263. The van der Waals surface area contributed by atoms with Crippen LogP contribution in [0.4, 0.5) is 0 Å². The molecule has 1 fully saturated rings. The maximum absolute atomic E-state index is 12.7. The highest BCUT2D eigenvalue weighted by atomic mass is 32.2. The van der Waals surface area contributed by atoms with Gasteiger partial charge in [0.05, 0.1) is 5.69 Å². The number of rotatable bonds is 5. The highest BCUT2D eigenvalue weighted by Gasteiger charge is 2.28. The van der Waals surface area contributed by atoms with E-state index in [9.17, 15) is 8.42 Å². The third kappa shape index (κ3) is 4.08. The Balaban J connectivity index is 1.37. The Hall–Kier alpha value is -2.13. The molecule has 1 saturated heterocycles. The summed E-state index contributed by atoms with van der Waals surface area (Å²) in [6, 6.07) is 13.4. The number of piperazine rings is 1. The van der Waals surface area contributed by atoms with Gasteiger partial charge in [-0.15, -0.1) is 11.3 Å². The van der Waals surface area contributed by atoms with Crippen LogP contribution in [-0.2, 0) is 16.6 Å². The highest BCUT2D eigenvalue weighted by Crippen LogP contribution is 2.24. The molecular formula is C19H20N4O2S2. The molecule has 0 bridgehead atoms. The lowest BCUT2D eigenvalue weighted by Gasteiger charge is -2.33. The van der Waals surface area contributed by atoms with E-state index in [1.54, 1.807) is 29.7 Å². The molecule has 0 aliphatic carbocycles. The van der Waals surface area contributed by atoms with Crippen LogP contribution in [0, 0.1) is 0 Å². The van der Waals surface area contributed by atoms with Gasteiger partial charge in [0, 0.05) is 56.1 Å². The minimum atomic E-state index is -3.46. The van der Waals surface area contributed by atoms with Crippen LogP contribution in [0.15, 0.2) is 65.1 Å². The Morgan fingerprint density at radius 3 is 2.48 bits per heavy atom. The average Bonchev–Trinajstić information content (AvgIpc) is 3.18. The van der Waals surface area contributed by atoms with Gasteiger partial charge in [-0.25, -0.2) is 13.4 Å². The van der Waals surface area contributed by atoms with Crippen LogP contribution in [0.3, 0.4) is 0 Å². The summed E-state index contributed by atoms with van der Waals surface area (Å²) < 4.78 is 26.9. The number of aromatic nitrogens is 2. The van der Waals surface area contributed by atoms with Gasteiger partial charge in [0.15, 0.2) is 0 Å². The number of benzene rings is 1. The molecule has 1 aliphatic heterocycles. The molecule has 140 valence electrons. The molecule has 0 amide bonds. The molecule has 0 saturated carbocycles. The van der Waals surface area contributed by atoms with E-state index >= 15 is 0 Å². The maximum Gasteiger partial charge on any atom is 0.244 e. The Morgan fingerprint density at radius 2 is 1.78 bits per heavy atom. The molecule has 4 rings (SSSR count). The molecule has 8 heteroatoms. The van der Waals surface area contributed by atoms with Crippen molar-refractivity contribution in [2.75, 3.05) is 26.2 Å². The summed E-state index contributed by atoms with van der Waals surface area (Å²) in [5.74, 6) is 0. The van der Waals surface area contributed by atoms with E-state index < -0.39 is 10.0 Å². The van der Waals surface area contributed by atoms with Gasteiger partial charge in [0.2, 0.25) is 10.0 Å². The molecule has 27 heavy (non-hydrogen) atoms. The van der Waals surface area contributed by atoms with E-state index in [1.165, 1.54) is 10.5 Å². The molecule has 3 heterocycles. The zero-order chi connectivity index (χ0) is 18.7. The summed E-state index contributed by atoms with van der Waals surface area (Å²) >= 11 is 1.64. The Bertz CT molecular complexity index is 983. The highest BCUT2D eigenvalue weighted by molar-refractivity contribution is 7.89. The number of hydrogen-bond donors (Lipinski definition) is 0. The van der Waals surface area contributed by atoms with Crippen LogP contribution in [0.25, 0.3) is 10.6 Å². The van der Waals surface area contributed by atoms with Gasteiger partial charge in [-0.1, -0.05) is 30.3 Å². The predicted molar refractivity (Wildman–Crippen MR) is 106 cm³/mol. The first kappa shape index (κ1) is 18.2. The van der Waals surface area contributed by atoms with Gasteiger partial charge in [-0.05, 0) is 12.1 Å². The number of thiazole rings is 1. The van der Waals surface area contributed by atoms with Crippen molar-refractivity contribution in [2.24, 2.45) is 0 Å². The van der Waals surface area contributed by atoms with Crippen molar-refractivity contribution < 1.29 is 8.42 Å². The molecule has 2 aromatic heterocycles. The SMILES string of the molecule is O=S(=O)(c1cccnc1)N1CCN(Cc2csc(-c3ccccc3)n2)CC1. The van der Waals surface area contributed by atoms with Gasteiger partial charge >= 0.3 is 0 Å². The van der Waals surface area contributed by atoms with E-state index in [1.807, 2.05) is 18.2 Å². The quantitative estimate of drug-likeness (QED) is 0.659. The maximum atomic E-state index is 12.7. The molecule has 0 radical (unpaired) electrons. The van der Waals surface area contributed by atoms with E-state index in [2.05, 4.69) is 27.4 Å². The standard InChI is InChI=1S/C19H20N4O2S2/c24-27(25,18-7-4-8-20-13-18)23-11-9-22(10-12-23)14-17-15-26-19(21-17)16-5-2-1-3-6-16/h1-8,13,15H,9-12,14H2. The lowest BCUT2D eigenvalue weighted by Crippen LogP contribution is -2.48.